The van der Waals surface area contributed by atoms with E-state index in [0.717, 1.165) is 19.3 Å². The zero-order chi connectivity index (χ0) is 10.4. The van der Waals surface area contributed by atoms with E-state index in [9.17, 15) is 0 Å². The van der Waals surface area contributed by atoms with Gasteiger partial charge in [-0.25, -0.2) is 0 Å². The standard InChI is InChI=1S/C8H17.C4H10O.Mg/c1-3-5-7-8-6-4-2;1-2-3-4-5;/h1,3-8H2,2H3;5H,2-4H2,1H3;/q-1;;+2. The van der Waals surface area contributed by atoms with Crippen LogP contribution in [0.4, 0.5) is 0 Å². The van der Waals surface area contributed by atoms with E-state index in [2.05, 4.69) is 20.8 Å². The van der Waals surface area contributed by atoms with Gasteiger partial charge in [0, 0.05) is 6.61 Å². The largest absolute Gasteiger partial charge is 2.00 e. The van der Waals surface area contributed by atoms with Gasteiger partial charge in [-0.15, -0.1) is 0 Å². The molecule has 0 aliphatic carbocycles. The van der Waals surface area contributed by atoms with Crippen LogP contribution in [0.25, 0.3) is 0 Å². The van der Waals surface area contributed by atoms with Crippen molar-refractivity contribution in [1.82, 2.24) is 0 Å². The molecule has 0 fully saturated rings. The second-order valence-corrected chi connectivity index (χ2v) is 3.34. The van der Waals surface area contributed by atoms with Crippen LogP contribution < -0.4 is 0 Å². The molecular weight excluding hydrogens is 184 g/mol. The summed E-state index contributed by atoms with van der Waals surface area (Å²) >= 11 is 0. The Morgan fingerprint density at radius 2 is 1.36 bits per heavy atom. The van der Waals surface area contributed by atoms with Gasteiger partial charge in [0.2, 0.25) is 0 Å². The second-order valence-electron chi connectivity index (χ2n) is 3.34. The van der Waals surface area contributed by atoms with Gasteiger partial charge < -0.3 is 12.0 Å². The smallest absolute Gasteiger partial charge is 0.396 e. The summed E-state index contributed by atoms with van der Waals surface area (Å²) < 4.78 is 0. The van der Waals surface area contributed by atoms with E-state index in [1.165, 1.54) is 32.1 Å². The van der Waals surface area contributed by atoms with Crippen LogP contribution in [0.3, 0.4) is 0 Å². The molecule has 0 bridgehead atoms. The summed E-state index contributed by atoms with van der Waals surface area (Å²) in [5, 5.41) is 8.07. The van der Waals surface area contributed by atoms with Gasteiger partial charge in [-0.1, -0.05) is 52.4 Å². The summed E-state index contributed by atoms with van der Waals surface area (Å²) in [5.41, 5.74) is 0. The van der Waals surface area contributed by atoms with Crippen molar-refractivity contribution in [3.63, 3.8) is 0 Å². The van der Waals surface area contributed by atoms with Crippen molar-refractivity contribution in [2.45, 2.75) is 65.2 Å². The van der Waals surface area contributed by atoms with Gasteiger partial charge >= 0.3 is 23.1 Å². The first kappa shape index (κ1) is 20.2. The maximum atomic E-state index is 8.07. The first-order valence-electron chi connectivity index (χ1n) is 5.73. The van der Waals surface area contributed by atoms with E-state index >= 15 is 0 Å². The fourth-order valence-electron chi connectivity index (χ4n) is 0.938. The van der Waals surface area contributed by atoms with Gasteiger partial charge in [-0.2, -0.15) is 6.42 Å². The third-order valence-electron chi connectivity index (χ3n) is 1.87. The fraction of sp³-hybridized carbons (Fsp3) is 0.917. The first-order chi connectivity index (χ1) is 6.33. The molecule has 14 heavy (non-hydrogen) atoms. The van der Waals surface area contributed by atoms with E-state index in [-0.39, 0.29) is 23.1 Å². The topological polar surface area (TPSA) is 20.2 Å². The van der Waals surface area contributed by atoms with Crippen LogP contribution in [0, 0.1) is 6.92 Å². The minimum Gasteiger partial charge on any atom is -0.396 e. The van der Waals surface area contributed by atoms with E-state index in [1.54, 1.807) is 0 Å². The van der Waals surface area contributed by atoms with Crippen molar-refractivity contribution in [3.8, 4) is 0 Å². The summed E-state index contributed by atoms with van der Waals surface area (Å²) in [5.74, 6) is 0. The van der Waals surface area contributed by atoms with E-state index < -0.39 is 0 Å². The zero-order valence-electron chi connectivity index (χ0n) is 10.2. The van der Waals surface area contributed by atoms with E-state index in [4.69, 9.17) is 5.11 Å². The van der Waals surface area contributed by atoms with Crippen molar-refractivity contribution in [1.29, 1.82) is 0 Å². The van der Waals surface area contributed by atoms with E-state index in [1.807, 2.05) is 0 Å². The van der Waals surface area contributed by atoms with Crippen LogP contribution in [0.2, 0.25) is 0 Å². The fourth-order valence-corrected chi connectivity index (χ4v) is 0.938. The average molecular weight is 212 g/mol. The molecule has 0 heterocycles. The summed E-state index contributed by atoms with van der Waals surface area (Å²) in [4.78, 5) is 0. The Hall–Kier alpha value is 0.726. The maximum absolute atomic E-state index is 8.07. The molecule has 2 heteroatoms. The molecule has 0 aromatic heterocycles. The van der Waals surface area contributed by atoms with Gasteiger partial charge in [0.05, 0.1) is 0 Å². The predicted molar refractivity (Wildman–Crippen MR) is 66.5 cm³/mol. The molecule has 0 saturated carbocycles. The van der Waals surface area contributed by atoms with Crippen molar-refractivity contribution >= 4 is 23.1 Å². The van der Waals surface area contributed by atoms with Gasteiger partial charge in [-0.3, -0.25) is 0 Å². The molecule has 0 aliphatic rings. The van der Waals surface area contributed by atoms with Crippen LogP contribution in [0.1, 0.15) is 65.2 Å². The predicted octanol–water partition coefficient (Wildman–Crippen LogP) is 3.58. The van der Waals surface area contributed by atoms with Crippen LogP contribution in [-0.2, 0) is 0 Å². The number of unbranched alkanes of at least 4 members (excludes halogenated alkanes) is 6. The third kappa shape index (κ3) is 29.3. The molecule has 1 N–H and O–H groups in total. The third-order valence-corrected chi connectivity index (χ3v) is 1.87. The molecule has 0 atom stereocenters. The number of aliphatic hydroxyl groups excluding tert-OH is 1. The van der Waals surface area contributed by atoms with Crippen molar-refractivity contribution < 1.29 is 5.11 Å². The summed E-state index contributed by atoms with van der Waals surface area (Å²) in [7, 11) is 0. The number of rotatable bonds is 7. The molecule has 0 amide bonds. The molecule has 1 nitrogen and oxygen atoms in total. The van der Waals surface area contributed by atoms with Crippen LogP contribution in [-0.4, -0.2) is 34.8 Å². The summed E-state index contributed by atoms with van der Waals surface area (Å²) in [6, 6.07) is 0. The quantitative estimate of drug-likeness (QED) is 0.388. The Balaban J connectivity index is -0.000000177. The van der Waals surface area contributed by atoms with Crippen LogP contribution in [0.15, 0.2) is 0 Å². The molecule has 82 valence electrons. The number of aliphatic hydroxyl groups is 1. The second kappa shape index (κ2) is 23.5. The minimum atomic E-state index is 0. The number of hydrogen-bond acceptors (Lipinski definition) is 1. The average Bonchev–Trinajstić information content (AvgIpc) is 2.15. The molecule has 0 saturated heterocycles. The Morgan fingerprint density at radius 1 is 0.857 bits per heavy atom. The Morgan fingerprint density at radius 3 is 1.64 bits per heavy atom. The van der Waals surface area contributed by atoms with Gasteiger partial charge in [0.15, 0.2) is 0 Å². The molecule has 0 aromatic rings. The zero-order valence-corrected chi connectivity index (χ0v) is 11.6. The first-order valence-corrected chi connectivity index (χ1v) is 5.73. The SMILES string of the molecule is CCCCO.[CH2-]CCCCCCC.[Mg+2]. The Labute approximate surface area is 107 Å². The van der Waals surface area contributed by atoms with Crippen molar-refractivity contribution in [3.05, 3.63) is 6.92 Å². The van der Waals surface area contributed by atoms with E-state index in [0.29, 0.717) is 6.61 Å². The summed E-state index contributed by atoms with van der Waals surface area (Å²) in [6.45, 7) is 8.42. The van der Waals surface area contributed by atoms with Crippen molar-refractivity contribution in [2.75, 3.05) is 6.61 Å². The van der Waals surface area contributed by atoms with Gasteiger partial charge in [0.25, 0.3) is 0 Å². The molecule has 0 spiro atoms. The molecule has 0 aliphatic heterocycles. The van der Waals surface area contributed by atoms with Gasteiger partial charge in [-0.05, 0) is 6.42 Å². The monoisotopic (exact) mass is 211 g/mol. The maximum Gasteiger partial charge on any atom is 2.00 e. The number of hydrogen-bond donors (Lipinski definition) is 1. The molecule has 0 radical (unpaired) electrons. The molecular formula is C12H27MgO+. The van der Waals surface area contributed by atoms with Crippen LogP contribution >= 0.6 is 0 Å². The van der Waals surface area contributed by atoms with Crippen LogP contribution in [0.5, 0.6) is 0 Å². The Bertz CT molecular complexity index is 59.3. The molecule has 0 unspecified atom stereocenters. The molecule has 0 aromatic carbocycles. The normalized spacial score (nSPS) is 8.57. The summed E-state index contributed by atoms with van der Waals surface area (Å²) in [6.07, 6.45) is 10.0. The molecule has 0 rings (SSSR count). The Kier molecular flexibility index (Phi) is 33.9. The van der Waals surface area contributed by atoms with Crippen molar-refractivity contribution in [2.24, 2.45) is 0 Å². The minimum absolute atomic E-state index is 0. The van der Waals surface area contributed by atoms with Gasteiger partial charge in [0.1, 0.15) is 0 Å².